The number of aromatic nitrogens is 4. The lowest BCUT2D eigenvalue weighted by atomic mass is 10.2. The number of imidazole rings is 1. The van der Waals surface area contributed by atoms with Gasteiger partial charge >= 0.3 is 0 Å². The second-order valence-electron chi connectivity index (χ2n) is 3.93. The summed E-state index contributed by atoms with van der Waals surface area (Å²) >= 11 is 2.34. The molecule has 20 heavy (non-hydrogen) atoms. The predicted molar refractivity (Wildman–Crippen MR) is 88.5 cm³/mol. The van der Waals surface area contributed by atoms with Crippen LogP contribution in [0, 0.1) is 6.92 Å². The lowest BCUT2D eigenvalue weighted by Gasteiger charge is -2.03. The van der Waals surface area contributed by atoms with Gasteiger partial charge in [-0.3, -0.25) is 4.79 Å². The first-order valence-corrected chi connectivity index (χ1v) is 9.69. The molecule has 0 aliphatic heterocycles. The highest BCUT2D eigenvalue weighted by atomic mass is 127. The summed E-state index contributed by atoms with van der Waals surface area (Å²) in [4.78, 5) is 20.4. The second-order valence-corrected chi connectivity index (χ2v) is 6.02. The number of H-pyrrole nitrogens is 1. The molecule has 1 atom stereocenters. The smallest absolute Gasteiger partial charge is 0.290 e. The Balaban J connectivity index is 0.000000452. The van der Waals surface area contributed by atoms with E-state index >= 15 is 0 Å². The van der Waals surface area contributed by atoms with Crippen LogP contribution >= 0.6 is 28.4 Å². The molecule has 8 heteroatoms. The molecule has 2 N–H and O–H groups in total. The fourth-order valence-corrected chi connectivity index (χ4v) is 3.36. The maximum Gasteiger partial charge on any atom is 0.290 e. The van der Waals surface area contributed by atoms with Crippen molar-refractivity contribution in [2.75, 3.05) is 0 Å². The first-order valence-electron chi connectivity index (χ1n) is 5.63. The van der Waals surface area contributed by atoms with E-state index in [1.165, 1.54) is 0 Å². The highest BCUT2D eigenvalue weighted by Gasteiger charge is 2.07. The third-order valence-corrected chi connectivity index (χ3v) is 4.70. The summed E-state index contributed by atoms with van der Waals surface area (Å²) in [5, 5.41) is 8.04. The van der Waals surface area contributed by atoms with Crippen LogP contribution < -0.4 is 0 Å². The number of hydrogen-bond acceptors (Lipinski definition) is 3. The Kier molecular flexibility index (Phi) is 5.08. The first-order chi connectivity index (χ1) is 9.69. The standard InChI is InChI=1S/C11H10IN4P.CH2O2/c1-7-4-8-2-3-9(15-11(8)14-7)10-5-13-6-16(10)17-12;2-1-3/h2-6,17H,1H3,(H,14,15);1H,(H,2,3). The fourth-order valence-electron chi connectivity index (χ4n) is 1.84. The van der Waals surface area contributed by atoms with Crippen LogP contribution in [0.15, 0.2) is 30.7 Å². The van der Waals surface area contributed by atoms with Crippen LogP contribution in [0.5, 0.6) is 0 Å². The van der Waals surface area contributed by atoms with Gasteiger partial charge in [0, 0.05) is 17.5 Å². The summed E-state index contributed by atoms with van der Waals surface area (Å²) in [5.41, 5.74) is 4.09. The average Bonchev–Trinajstić information content (AvgIpc) is 3.02. The summed E-state index contributed by atoms with van der Waals surface area (Å²) in [7, 11) is 0. The molecule has 0 fully saturated rings. The zero-order valence-electron chi connectivity index (χ0n) is 10.5. The Bertz CT molecular complexity index is 725. The molecule has 3 heterocycles. The molecule has 1 unspecified atom stereocenters. The maximum atomic E-state index is 8.36. The summed E-state index contributed by atoms with van der Waals surface area (Å²) in [6.07, 6.45) is 4.33. The van der Waals surface area contributed by atoms with Gasteiger partial charge in [-0.05, 0) is 47.2 Å². The van der Waals surface area contributed by atoms with E-state index in [0.717, 1.165) is 28.1 Å². The van der Waals surface area contributed by atoms with Crippen LogP contribution in [-0.2, 0) is 4.79 Å². The van der Waals surface area contributed by atoms with Crippen molar-refractivity contribution in [3.63, 3.8) is 0 Å². The molecule has 0 spiro atoms. The van der Waals surface area contributed by atoms with Crippen LogP contribution in [-0.4, -0.2) is 30.9 Å². The van der Waals surface area contributed by atoms with Crippen molar-refractivity contribution in [3.8, 4) is 11.4 Å². The third kappa shape index (κ3) is 3.16. The molecule has 0 bridgehead atoms. The van der Waals surface area contributed by atoms with E-state index in [2.05, 4.69) is 53.5 Å². The average molecular weight is 402 g/mol. The van der Waals surface area contributed by atoms with Crippen LogP contribution in [0.2, 0.25) is 0 Å². The second kappa shape index (κ2) is 6.81. The van der Waals surface area contributed by atoms with Gasteiger partial charge in [-0.2, -0.15) is 0 Å². The monoisotopic (exact) mass is 402 g/mol. The van der Waals surface area contributed by atoms with Crippen molar-refractivity contribution in [1.29, 1.82) is 0 Å². The van der Waals surface area contributed by atoms with Crippen molar-refractivity contribution in [2.45, 2.75) is 6.92 Å². The van der Waals surface area contributed by atoms with Crippen LogP contribution in [0.4, 0.5) is 0 Å². The number of aryl methyl sites for hydroxylation is 1. The highest BCUT2D eigenvalue weighted by Crippen LogP contribution is 2.30. The van der Waals surface area contributed by atoms with Crippen molar-refractivity contribution in [1.82, 2.24) is 19.3 Å². The molecule has 6 nitrogen and oxygen atoms in total. The van der Waals surface area contributed by atoms with Gasteiger partial charge in [0.05, 0.1) is 23.9 Å². The van der Waals surface area contributed by atoms with Crippen molar-refractivity contribution < 1.29 is 9.90 Å². The minimum Gasteiger partial charge on any atom is -0.483 e. The van der Waals surface area contributed by atoms with E-state index in [9.17, 15) is 0 Å². The van der Waals surface area contributed by atoms with Crippen LogP contribution in [0.3, 0.4) is 0 Å². The molecule has 104 valence electrons. The summed E-state index contributed by atoms with van der Waals surface area (Å²) in [5.74, 6) is 0. The first kappa shape index (κ1) is 14.9. The number of pyridine rings is 1. The summed E-state index contributed by atoms with van der Waals surface area (Å²) < 4.78 is 2.10. The number of carboxylic acid groups (broad SMARTS) is 1. The van der Waals surface area contributed by atoms with Crippen LogP contribution in [0.1, 0.15) is 5.69 Å². The van der Waals surface area contributed by atoms with Gasteiger partial charge in [-0.25, -0.2) is 9.97 Å². The van der Waals surface area contributed by atoms with E-state index in [1.807, 2.05) is 25.5 Å². The molecule has 0 aliphatic carbocycles. The Morgan fingerprint density at radius 3 is 2.95 bits per heavy atom. The molecular weight excluding hydrogens is 390 g/mol. The maximum absolute atomic E-state index is 8.36. The molecule has 0 aliphatic rings. The Morgan fingerprint density at radius 2 is 2.25 bits per heavy atom. The van der Waals surface area contributed by atoms with Gasteiger partial charge in [0.2, 0.25) is 0 Å². The predicted octanol–water partition coefficient (Wildman–Crippen LogP) is 3.23. The number of nitrogens with one attached hydrogen (secondary N) is 1. The lowest BCUT2D eigenvalue weighted by Crippen LogP contribution is -1.88. The number of halogens is 1. The largest absolute Gasteiger partial charge is 0.483 e. The SMILES string of the molecule is Cc1cc2ccc(-c3cncn3PI)nc2[nH]1.O=CO. The number of nitrogens with zero attached hydrogens (tertiary/aromatic N) is 3. The molecule has 3 aromatic rings. The van der Waals surface area contributed by atoms with E-state index < -0.39 is 0 Å². The number of carbonyl (C=O) groups is 1. The lowest BCUT2D eigenvalue weighted by molar-refractivity contribution is -0.122. The molecule has 0 saturated heterocycles. The van der Waals surface area contributed by atoms with E-state index in [4.69, 9.17) is 9.90 Å². The van der Waals surface area contributed by atoms with Gasteiger partial charge in [-0.15, -0.1) is 0 Å². The minimum absolute atomic E-state index is 0.250. The molecular formula is C12H12IN4O2P. The van der Waals surface area contributed by atoms with Gasteiger partial charge in [0.1, 0.15) is 5.65 Å². The van der Waals surface area contributed by atoms with Gasteiger partial charge < -0.3 is 14.4 Å². The minimum atomic E-state index is -0.250. The number of fused-ring (bicyclic) bond motifs is 1. The van der Waals surface area contributed by atoms with Gasteiger partial charge in [0.25, 0.3) is 6.47 Å². The number of aromatic amines is 1. The Morgan fingerprint density at radius 1 is 1.50 bits per heavy atom. The van der Waals surface area contributed by atoms with Crippen LogP contribution in [0.25, 0.3) is 22.4 Å². The summed E-state index contributed by atoms with van der Waals surface area (Å²) in [6.45, 7) is 1.79. The van der Waals surface area contributed by atoms with Crippen molar-refractivity contribution >= 4 is 45.9 Å². The topological polar surface area (TPSA) is 83.8 Å². The van der Waals surface area contributed by atoms with E-state index in [0.29, 0.717) is 6.37 Å². The van der Waals surface area contributed by atoms with Crippen molar-refractivity contribution in [3.05, 3.63) is 36.4 Å². The Labute approximate surface area is 130 Å². The molecule has 0 aromatic carbocycles. The molecule has 3 aromatic heterocycles. The van der Waals surface area contributed by atoms with Gasteiger partial charge in [0.15, 0.2) is 0 Å². The zero-order valence-corrected chi connectivity index (χ0v) is 13.7. The highest BCUT2D eigenvalue weighted by molar-refractivity contribution is 14.2. The van der Waals surface area contributed by atoms with E-state index in [-0.39, 0.29) is 6.47 Å². The number of hydrogen-bond donors (Lipinski definition) is 2. The summed E-state index contributed by atoms with van der Waals surface area (Å²) in [6, 6.07) is 6.23. The fraction of sp³-hybridized carbons (Fsp3) is 0.0833. The number of rotatable bonds is 2. The molecule has 3 rings (SSSR count). The molecule has 0 amide bonds. The Hall–Kier alpha value is -1.47. The van der Waals surface area contributed by atoms with Crippen molar-refractivity contribution in [2.24, 2.45) is 0 Å². The molecule has 0 radical (unpaired) electrons. The van der Waals surface area contributed by atoms with E-state index in [1.54, 1.807) is 0 Å². The van der Waals surface area contributed by atoms with Gasteiger partial charge in [-0.1, -0.05) is 0 Å². The normalized spacial score (nSPS) is 10.7. The third-order valence-electron chi connectivity index (χ3n) is 2.61. The quantitative estimate of drug-likeness (QED) is 0.392. The molecule has 0 saturated carbocycles. The zero-order chi connectivity index (χ0) is 14.5.